The van der Waals surface area contributed by atoms with Gasteiger partial charge in [-0.1, -0.05) is 5.16 Å². The third kappa shape index (κ3) is 4.04. The van der Waals surface area contributed by atoms with Crippen molar-refractivity contribution in [3.63, 3.8) is 0 Å². The molecule has 0 unspecified atom stereocenters. The van der Waals surface area contributed by atoms with Crippen LogP contribution in [0, 0.1) is 0 Å². The molecule has 2 fully saturated rings. The van der Waals surface area contributed by atoms with Crippen LogP contribution in [0.25, 0.3) is 0 Å². The summed E-state index contributed by atoms with van der Waals surface area (Å²) in [5.74, 6) is -2.65. The number of likely N-dealkylation sites (N-methyl/N-ethyl adjacent to an activating group) is 1. The largest absolute Gasteiger partial charge is 0.398 e. The molecule has 15 heteroatoms. The molecule has 2 aliphatic heterocycles. The lowest BCUT2D eigenvalue weighted by Gasteiger charge is -2.40. The molecule has 3 rings (SSSR count). The van der Waals surface area contributed by atoms with Crippen molar-refractivity contribution in [1.29, 1.82) is 0 Å². The molecule has 0 aliphatic carbocycles. The minimum absolute atomic E-state index is 0.0774. The molecule has 0 bridgehead atoms. The average Bonchev–Trinajstić information content (AvgIpc) is 3.26. The van der Waals surface area contributed by atoms with Gasteiger partial charge in [0.15, 0.2) is 10.8 Å². The first-order valence-electron chi connectivity index (χ1n) is 8.38. The fourth-order valence-electron chi connectivity index (χ4n) is 2.73. The van der Waals surface area contributed by atoms with Gasteiger partial charge in [-0.2, -0.15) is 0 Å². The predicted molar refractivity (Wildman–Crippen MR) is 104 cm³/mol. The fourth-order valence-corrected chi connectivity index (χ4v) is 3.51. The van der Waals surface area contributed by atoms with E-state index in [0.29, 0.717) is 0 Å². The molecule has 0 saturated carbocycles. The second-order valence-electron chi connectivity index (χ2n) is 6.15. The molecule has 2 atom stereocenters. The molecule has 1 aromatic rings. The molecule has 1 aromatic heterocycles. The molecule has 2 aliphatic rings. The molecule has 0 spiro atoms. The second kappa shape index (κ2) is 8.62. The first kappa shape index (κ1) is 21.4. The predicted octanol–water partition coefficient (Wildman–Crippen LogP) is -1.49. The van der Waals surface area contributed by atoms with Gasteiger partial charge in [0, 0.05) is 12.4 Å². The number of anilines is 1. The van der Waals surface area contributed by atoms with Crippen LogP contribution in [-0.2, 0) is 24.0 Å². The third-order valence-corrected chi connectivity index (χ3v) is 5.14. The van der Waals surface area contributed by atoms with Crippen LogP contribution in [0.3, 0.4) is 0 Å². The number of hydrogen-bond acceptors (Lipinski definition) is 9. The molecular weight excluding hydrogens is 442 g/mol. The van der Waals surface area contributed by atoms with Gasteiger partial charge in [0.1, 0.15) is 37.4 Å². The lowest BCUT2D eigenvalue weighted by atomic mass is 10.0. The van der Waals surface area contributed by atoms with Gasteiger partial charge in [-0.3, -0.25) is 19.2 Å². The van der Waals surface area contributed by atoms with Crippen LogP contribution < -0.4 is 16.0 Å². The van der Waals surface area contributed by atoms with E-state index in [1.165, 1.54) is 24.4 Å². The molecule has 2 saturated heterocycles. The normalized spacial score (nSPS) is 21.3. The number of nitrogens with one attached hydrogen (secondary N) is 3. The molecule has 0 aromatic carbocycles. The Morgan fingerprint density at radius 3 is 2.73 bits per heavy atom. The van der Waals surface area contributed by atoms with Crippen LogP contribution in [-0.4, -0.2) is 88.9 Å². The van der Waals surface area contributed by atoms with Crippen molar-refractivity contribution in [3.8, 4) is 0 Å². The van der Waals surface area contributed by atoms with Crippen molar-refractivity contribution in [2.75, 3.05) is 31.9 Å². The SMILES string of the molecule is CO/N=C(\C(=O)N[C@@H]1C(=O)N[C@@H]1N1C(=O)CN(C)C1=O)c1csc(NC(=O)CCl)n1. The van der Waals surface area contributed by atoms with Crippen LogP contribution in [0.15, 0.2) is 10.5 Å². The number of halogens is 1. The molecule has 3 N–H and O–H groups in total. The summed E-state index contributed by atoms with van der Waals surface area (Å²) in [5, 5.41) is 12.5. The maximum Gasteiger partial charge on any atom is 0.328 e. The minimum Gasteiger partial charge on any atom is -0.398 e. The number of amides is 6. The third-order valence-electron chi connectivity index (χ3n) is 4.14. The lowest BCUT2D eigenvalue weighted by Crippen LogP contribution is -2.75. The zero-order valence-corrected chi connectivity index (χ0v) is 17.2. The standard InChI is InChI=1S/C15H16ClN7O6S/c1-22-4-8(25)23(15(22)28)11-10(13(27)20-11)19-12(26)9(21-29-2)6-5-30-14(17-6)18-7(24)3-16/h5,10-11H,3-4H2,1-2H3,(H,19,26)(H,20,27)(H,17,18,24)/b21-9-/t10-,11+/m0/s1. The fraction of sp³-hybridized carbons (Fsp3) is 0.400. The number of carbonyl (C=O) groups is 5. The van der Waals surface area contributed by atoms with Gasteiger partial charge in [-0.15, -0.1) is 22.9 Å². The summed E-state index contributed by atoms with van der Waals surface area (Å²) >= 11 is 6.45. The quantitative estimate of drug-likeness (QED) is 0.147. The van der Waals surface area contributed by atoms with Crippen molar-refractivity contribution < 1.29 is 28.8 Å². The Labute approximate surface area is 178 Å². The van der Waals surface area contributed by atoms with Gasteiger partial charge >= 0.3 is 6.03 Å². The number of hydrogen-bond donors (Lipinski definition) is 3. The smallest absolute Gasteiger partial charge is 0.328 e. The molecule has 0 radical (unpaired) electrons. The van der Waals surface area contributed by atoms with E-state index in [1.54, 1.807) is 0 Å². The first-order valence-corrected chi connectivity index (χ1v) is 9.79. The van der Waals surface area contributed by atoms with Crippen LogP contribution >= 0.6 is 22.9 Å². The topological polar surface area (TPSA) is 162 Å². The maximum atomic E-state index is 12.7. The van der Waals surface area contributed by atoms with Gasteiger partial charge in [0.2, 0.25) is 11.8 Å². The Morgan fingerprint density at radius 1 is 1.43 bits per heavy atom. The minimum atomic E-state index is -1.17. The second-order valence-corrected chi connectivity index (χ2v) is 7.27. The van der Waals surface area contributed by atoms with E-state index in [1.807, 2.05) is 0 Å². The van der Waals surface area contributed by atoms with Gasteiger partial charge in [0.05, 0.1) is 0 Å². The number of oxime groups is 1. The van der Waals surface area contributed by atoms with Gasteiger partial charge in [-0.25, -0.2) is 14.7 Å². The van der Waals surface area contributed by atoms with E-state index in [-0.39, 0.29) is 29.0 Å². The Hall–Kier alpha value is -3.26. The molecule has 160 valence electrons. The van der Waals surface area contributed by atoms with E-state index in [4.69, 9.17) is 11.6 Å². The highest BCUT2D eigenvalue weighted by atomic mass is 35.5. The first-order chi connectivity index (χ1) is 14.3. The highest BCUT2D eigenvalue weighted by Gasteiger charge is 2.51. The molecule has 13 nitrogen and oxygen atoms in total. The monoisotopic (exact) mass is 457 g/mol. The number of alkyl halides is 1. The summed E-state index contributed by atoms with van der Waals surface area (Å²) in [6, 6.07) is -1.76. The van der Waals surface area contributed by atoms with Crippen molar-refractivity contribution in [3.05, 3.63) is 11.1 Å². The van der Waals surface area contributed by atoms with Crippen LogP contribution in [0.4, 0.5) is 9.93 Å². The summed E-state index contributed by atoms with van der Waals surface area (Å²) in [7, 11) is 2.66. The lowest BCUT2D eigenvalue weighted by molar-refractivity contribution is -0.143. The number of thiazole rings is 1. The van der Waals surface area contributed by atoms with E-state index in [9.17, 15) is 24.0 Å². The number of urea groups is 1. The number of nitrogens with zero attached hydrogens (tertiary/aromatic N) is 4. The Balaban J connectivity index is 1.74. The number of β-lactam (4-membered cyclic amide) rings is 1. The Bertz CT molecular complexity index is 950. The van der Waals surface area contributed by atoms with Gasteiger partial charge in [-0.05, 0) is 0 Å². The van der Waals surface area contributed by atoms with Crippen molar-refractivity contribution in [1.82, 2.24) is 25.4 Å². The van der Waals surface area contributed by atoms with E-state index in [2.05, 4.69) is 30.9 Å². The summed E-state index contributed by atoms with van der Waals surface area (Å²) < 4.78 is 0. The van der Waals surface area contributed by atoms with E-state index in [0.717, 1.165) is 16.2 Å². The zero-order chi connectivity index (χ0) is 22.0. The van der Waals surface area contributed by atoms with Crippen LogP contribution in [0.2, 0.25) is 0 Å². The molecule has 30 heavy (non-hydrogen) atoms. The average molecular weight is 458 g/mol. The molecular formula is C15H16ClN7O6S. The zero-order valence-electron chi connectivity index (χ0n) is 15.7. The van der Waals surface area contributed by atoms with Crippen LogP contribution in [0.5, 0.6) is 0 Å². The van der Waals surface area contributed by atoms with E-state index < -0.39 is 41.9 Å². The highest BCUT2D eigenvalue weighted by Crippen LogP contribution is 2.20. The summed E-state index contributed by atoms with van der Waals surface area (Å²) in [6.07, 6.45) is -1.02. The van der Waals surface area contributed by atoms with Gasteiger partial charge in [0.25, 0.3) is 11.8 Å². The molecule has 3 heterocycles. The van der Waals surface area contributed by atoms with Crippen LogP contribution in [0.1, 0.15) is 5.69 Å². The summed E-state index contributed by atoms with van der Waals surface area (Å²) in [5.41, 5.74) is -0.191. The maximum absolute atomic E-state index is 12.7. The molecule has 6 amide bonds. The highest BCUT2D eigenvalue weighted by molar-refractivity contribution is 7.14. The summed E-state index contributed by atoms with van der Waals surface area (Å²) in [6.45, 7) is -0.127. The number of carbonyl (C=O) groups excluding carboxylic acids is 5. The van der Waals surface area contributed by atoms with Crippen molar-refractivity contribution in [2.24, 2.45) is 5.16 Å². The van der Waals surface area contributed by atoms with Crippen molar-refractivity contribution in [2.45, 2.75) is 12.2 Å². The summed E-state index contributed by atoms with van der Waals surface area (Å²) in [4.78, 5) is 71.0. The number of aromatic nitrogens is 1. The van der Waals surface area contributed by atoms with Crippen molar-refractivity contribution >= 4 is 63.4 Å². The number of imide groups is 1. The Morgan fingerprint density at radius 2 is 2.17 bits per heavy atom. The van der Waals surface area contributed by atoms with E-state index >= 15 is 0 Å². The van der Waals surface area contributed by atoms with Gasteiger partial charge < -0.3 is 25.7 Å². The Kier molecular flexibility index (Phi) is 6.17. The number of rotatable bonds is 7.